The van der Waals surface area contributed by atoms with E-state index >= 15 is 0 Å². The van der Waals surface area contributed by atoms with Crippen LogP contribution in [0.1, 0.15) is 13.8 Å². The van der Waals surface area contributed by atoms with E-state index in [9.17, 15) is 0 Å². The summed E-state index contributed by atoms with van der Waals surface area (Å²) in [5, 5.41) is 8.46. The van der Waals surface area contributed by atoms with E-state index in [1.165, 1.54) is 0 Å². The molecule has 4 N–H and O–H groups in total. The molecule has 58 valence electrons. The van der Waals surface area contributed by atoms with E-state index in [-0.39, 0.29) is 12.8 Å². The Balaban J connectivity index is 0. The summed E-state index contributed by atoms with van der Waals surface area (Å²) >= 11 is 0. The minimum atomic E-state index is 0. The van der Waals surface area contributed by atoms with Gasteiger partial charge < -0.3 is 16.2 Å². The van der Waals surface area contributed by atoms with Gasteiger partial charge in [-0.25, -0.2) is 0 Å². The van der Waals surface area contributed by atoms with E-state index in [4.69, 9.17) is 5.11 Å². The average molecular weight is 134 g/mol. The summed E-state index contributed by atoms with van der Waals surface area (Å²) in [6.45, 7) is 7.36. The molecule has 0 aliphatic carbocycles. The van der Waals surface area contributed by atoms with Gasteiger partial charge in [0.2, 0.25) is 0 Å². The van der Waals surface area contributed by atoms with Crippen LogP contribution in [-0.4, -0.2) is 36.2 Å². The van der Waals surface area contributed by atoms with Crippen molar-refractivity contribution >= 4 is 0 Å². The Hall–Kier alpha value is -0.120. The Morgan fingerprint density at radius 3 is 1.78 bits per heavy atom. The van der Waals surface area contributed by atoms with Gasteiger partial charge in [0.1, 0.15) is 0 Å². The van der Waals surface area contributed by atoms with E-state index in [2.05, 4.69) is 18.7 Å². The fraction of sp³-hybridized carbons (Fsp3) is 1.00. The van der Waals surface area contributed by atoms with Crippen LogP contribution in [0.4, 0.5) is 0 Å². The minimum Gasteiger partial charge on any atom is -0.395 e. The first-order valence-electron chi connectivity index (χ1n) is 3.18. The molecular weight excluding hydrogens is 116 g/mol. The number of hydrogen-bond acceptors (Lipinski definition) is 3. The zero-order valence-corrected chi connectivity index (χ0v) is 6.43. The van der Waals surface area contributed by atoms with Crippen molar-refractivity contribution in [2.24, 2.45) is 0 Å². The Kier molecular flexibility index (Phi) is 10.2. The largest absolute Gasteiger partial charge is 0.395 e. The molecule has 0 aromatic carbocycles. The minimum absolute atomic E-state index is 0. The van der Waals surface area contributed by atoms with Crippen molar-refractivity contribution in [1.29, 1.82) is 0 Å². The third kappa shape index (κ3) is 5.76. The van der Waals surface area contributed by atoms with Gasteiger partial charge in [-0.1, -0.05) is 13.8 Å². The summed E-state index contributed by atoms with van der Waals surface area (Å²) in [5.41, 5.74) is 0. The smallest absolute Gasteiger partial charge is 0.0558 e. The van der Waals surface area contributed by atoms with Gasteiger partial charge >= 0.3 is 0 Å². The molecule has 0 aliphatic heterocycles. The first-order chi connectivity index (χ1) is 3.85. The molecule has 0 saturated carbocycles. The summed E-state index contributed by atoms with van der Waals surface area (Å²) in [7, 11) is 0. The molecule has 3 nitrogen and oxygen atoms in total. The standard InChI is InChI=1S/C6H15NO.H3N/c1-3-7(4-2)5-6-8;/h8H,3-6H2,1-2H3;1H3. The van der Waals surface area contributed by atoms with Crippen molar-refractivity contribution in [3.8, 4) is 0 Å². The quantitative estimate of drug-likeness (QED) is 0.588. The first-order valence-corrected chi connectivity index (χ1v) is 3.18. The van der Waals surface area contributed by atoms with Crippen LogP contribution in [0.2, 0.25) is 0 Å². The molecule has 0 radical (unpaired) electrons. The summed E-state index contributed by atoms with van der Waals surface area (Å²) in [6, 6.07) is 0. The van der Waals surface area contributed by atoms with Crippen molar-refractivity contribution < 1.29 is 5.11 Å². The van der Waals surface area contributed by atoms with Crippen LogP contribution in [0.15, 0.2) is 0 Å². The summed E-state index contributed by atoms with van der Waals surface area (Å²) < 4.78 is 0. The molecule has 0 amide bonds. The number of aliphatic hydroxyl groups excluding tert-OH is 1. The predicted octanol–water partition coefficient (Wildman–Crippen LogP) is 0.483. The number of hydrogen-bond donors (Lipinski definition) is 2. The Labute approximate surface area is 57.3 Å². The van der Waals surface area contributed by atoms with Gasteiger partial charge in [-0.2, -0.15) is 0 Å². The number of likely N-dealkylation sites (N-methyl/N-ethyl adjacent to an activating group) is 1. The second kappa shape index (κ2) is 7.88. The van der Waals surface area contributed by atoms with E-state index in [1.54, 1.807) is 0 Å². The molecule has 0 aliphatic rings. The van der Waals surface area contributed by atoms with E-state index in [0.29, 0.717) is 0 Å². The molecular formula is C6H18N2O. The highest BCUT2D eigenvalue weighted by atomic mass is 16.3. The van der Waals surface area contributed by atoms with Crippen LogP contribution in [0.25, 0.3) is 0 Å². The molecule has 0 heterocycles. The number of nitrogens with zero attached hydrogens (tertiary/aromatic N) is 1. The predicted molar refractivity (Wildman–Crippen MR) is 39.9 cm³/mol. The van der Waals surface area contributed by atoms with E-state index in [0.717, 1.165) is 19.6 Å². The third-order valence-corrected chi connectivity index (χ3v) is 1.31. The van der Waals surface area contributed by atoms with Crippen molar-refractivity contribution in [1.82, 2.24) is 11.1 Å². The molecule has 9 heavy (non-hydrogen) atoms. The van der Waals surface area contributed by atoms with Gasteiger partial charge in [0.05, 0.1) is 6.61 Å². The van der Waals surface area contributed by atoms with Crippen LogP contribution in [-0.2, 0) is 0 Å². The third-order valence-electron chi connectivity index (χ3n) is 1.31. The molecule has 0 fully saturated rings. The van der Waals surface area contributed by atoms with Gasteiger partial charge in [0, 0.05) is 6.54 Å². The maximum absolute atomic E-state index is 8.46. The SMILES string of the molecule is CCN(CC)CCO.N. The first kappa shape index (κ1) is 11.6. The van der Waals surface area contributed by atoms with Crippen LogP contribution in [0, 0.1) is 0 Å². The second-order valence-corrected chi connectivity index (χ2v) is 1.75. The second-order valence-electron chi connectivity index (χ2n) is 1.75. The lowest BCUT2D eigenvalue weighted by atomic mass is 10.5. The fourth-order valence-electron chi connectivity index (χ4n) is 0.681. The molecule has 0 bridgehead atoms. The van der Waals surface area contributed by atoms with Gasteiger partial charge in [0.25, 0.3) is 0 Å². The highest BCUT2D eigenvalue weighted by Crippen LogP contribution is 1.82. The molecule has 0 aromatic heterocycles. The van der Waals surface area contributed by atoms with E-state index < -0.39 is 0 Å². The maximum Gasteiger partial charge on any atom is 0.0558 e. The molecule has 0 aromatic rings. The Morgan fingerprint density at radius 2 is 1.67 bits per heavy atom. The fourth-order valence-corrected chi connectivity index (χ4v) is 0.681. The Bertz CT molecular complexity index is 46.3. The molecule has 0 atom stereocenters. The van der Waals surface area contributed by atoms with Crippen molar-refractivity contribution in [2.45, 2.75) is 13.8 Å². The lowest BCUT2D eigenvalue weighted by Crippen LogP contribution is -2.25. The van der Waals surface area contributed by atoms with Crippen molar-refractivity contribution in [3.05, 3.63) is 0 Å². The normalized spacial score (nSPS) is 9.33. The average Bonchev–Trinajstić information content (AvgIpc) is 1.83. The lowest BCUT2D eigenvalue weighted by Gasteiger charge is -2.15. The summed E-state index contributed by atoms with van der Waals surface area (Å²) in [6.07, 6.45) is 0. The lowest BCUT2D eigenvalue weighted by molar-refractivity contribution is 0.208. The molecule has 0 saturated heterocycles. The maximum atomic E-state index is 8.46. The highest BCUT2D eigenvalue weighted by molar-refractivity contribution is 4.47. The van der Waals surface area contributed by atoms with Gasteiger partial charge in [-0.15, -0.1) is 0 Å². The van der Waals surface area contributed by atoms with Gasteiger partial charge in [0.15, 0.2) is 0 Å². The van der Waals surface area contributed by atoms with Crippen LogP contribution in [0.5, 0.6) is 0 Å². The molecule has 0 unspecified atom stereocenters. The van der Waals surface area contributed by atoms with Crippen molar-refractivity contribution in [2.75, 3.05) is 26.2 Å². The van der Waals surface area contributed by atoms with Crippen LogP contribution >= 0.6 is 0 Å². The van der Waals surface area contributed by atoms with E-state index in [1.807, 2.05) is 0 Å². The van der Waals surface area contributed by atoms with Gasteiger partial charge in [-0.05, 0) is 13.1 Å². The summed E-state index contributed by atoms with van der Waals surface area (Å²) in [5.74, 6) is 0. The van der Waals surface area contributed by atoms with Crippen LogP contribution in [0.3, 0.4) is 0 Å². The molecule has 0 spiro atoms. The molecule has 0 rings (SSSR count). The topological polar surface area (TPSA) is 58.5 Å². The molecule has 3 heteroatoms. The number of aliphatic hydroxyl groups is 1. The monoisotopic (exact) mass is 134 g/mol. The number of rotatable bonds is 4. The van der Waals surface area contributed by atoms with Crippen molar-refractivity contribution in [3.63, 3.8) is 0 Å². The van der Waals surface area contributed by atoms with Gasteiger partial charge in [-0.3, -0.25) is 0 Å². The highest BCUT2D eigenvalue weighted by Gasteiger charge is 1.93. The summed E-state index contributed by atoms with van der Waals surface area (Å²) in [4.78, 5) is 2.18. The van der Waals surface area contributed by atoms with Crippen LogP contribution < -0.4 is 6.15 Å². The Morgan fingerprint density at radius 1 is 1.22 bits per heavy atom. The zero-order chi connectivity index (χ0) is 6.41. The zero-order valence-electron chi connectivity index (χ0n) is 6.43.